The second kappa shape index (κ2) is 9.52. The third kappa shape index (κ3) is 5.80. The molecule has 0 saturated heterocycles. The molecule has 0 heterocycles. The Hall–Kier alpha value is -4.39. The molecule has 2 rings (SSSR count). The van der Waals surface area contributed by atoms with Gasteiger partial charge in [0.25, 0.3) is 17.5 Å². The number of primary amides is 1. The average molecular weight is 396 g/mol. The van der Waals surface area contributed by atoms with Gasteiger partial charge in [-0.2, -0.15) is 5.26 Å². The summed E-state index contributed by atoms with van der Waals surface area (Å²) >= 11 is 0. The standard InChI is InChI=1S/C19H16N4O6/c1-28-17-8-12(7-13(10-20)19(21)25)5-6-16(17)29-11-18(24)22-14-3-2-4-15(9-14)23(26)27/h2-9H,11H2,1H3,(H2,21,25)(H,22,24)/b13-7-. The summed E-state index contributed by atoms with van der Waals surface area (Å²) in [5, 5.41) is 22.2. The van der Waals surface area contributed by atoms with Crippen molar-refractivity contribution in [3.63, 3.8) is 0 Å². The van der Waals surface area contributed by atoms with Crippen molar-refractivity contribution < 1.29 is 24.0 Å². The van der Waals surface area contributed by atoms with E-state index in [4.69, 9.17) is 20.5 Å². The minimum absolute atomic E-state index is 0.151. The molecule has 0 unspecified atom stereocenters. The van der Waals surface area contributed by atoms with Gasteiger partial charge in [0.15, 0.2) is 18.1 Å². The number of carbonyl (C=O) groups excluding carboxylic acids is 2. The Balaban J connectivity index is 2.07. The van der Waals surface area contributed by atoms with E-state index in [1.165, 1.54) is 49.6 Å². The Bertz CT molecular complexity index is 1030. The zero-order valence-electron chi connectivity index (χ0n) is 15.2. The molecule has 0 saturated carbocycles. The highest BCUT2D eigenvalue weighted by Crippen LogP contribution is 2.29. The van der Waals surface area contributed by atoms with Crippen LogP contribution in [0.3, 0.4) is 0 Å². The minimum Gasteiger partial charge on any atom is -0.493 e. The number of nitrogens with zero attached hydrogens (tertiary/aromatic N) is 2. The third-order valence-electron chi connectivity index (χ3n) is 3.58. The van der Waals surface area contributed by atoms with E-state index in [2.05, 4.69) is 5.32 Å². The van der Waals surface area contributed by atoms with E-state index in [1.807, 2.05) is 0 Å². The van der Waals surface area contributed by atoms with E-state index in [0.717, 1.165) is 0 Å². The highest BCUT2D eigenvalue weighted by Gasteiger charge is 2.12. The zero-order chi connectivity index (χ0) is 21.4. The van der Waals surface area contributed by atoms with Crippen molar-refractivity contribution in [2.75, 3.05) is 19.0 Å². The maximum absolute atomic E-state index is 12.0. The molecule has 10 heteroatoms. The fourth-order valence-corrected chi connectivity index (χ4v) is 2.26. The van der Waals surface area contributed by atoms with Gasteiger partial charge in [-0.3, -0.25) is 19.7 Å². The first kappa shape index (κ1) is 20.9. The molecule has 148 valence electrons. The second-order valence-electron chi connectivity index (χ2n) is 5.59. The summed E-state index contributed by atoms with van der Waals surface area (Å²) in [6.07, 6.45) is 1.30. The SMILES string of the molecule is COc1cc(/C=C(/C#N)C(N)=O)ccc1OCC(=O)Nc1cccc([N+](=O)[O-])c1. The normalized spacial score (nSPS) is 10.6. The molecule has 0 fully saturated rings. The molecule has 29 heavy (non-hydrogen) atoms. The summed E-state index contributed by atoms with van der Waals surface area (Å²) in [5.74, 6) is -0.873. The minimum atomic E-state index is -0.857. The topological polar surface area (TPSA) is 158 Å². The first-order valence-corrected chi connectivity index (χ1v) is 8.10. The second-order valence-corrected chi connectivity index (χ2v) is 5.59. The van der Waals surface area contributed by atoms with Crippen molar-refractivity contribution in [3.8, 4) is 17.6 Å². The van der Waals surface area contributed by atoms with E-state index in [-0.39, 0.29) is 35.1 Å². The number of methoxy groups -OCH3 is 1. The molecule has 0 spiro atoms. The zero-order valence-corrected chi connectivity index (χ0v) is 15.2. The lowest BCUT2D eigenvalue weighted by Crippen LogP contribution is -2.20. The lowest BCUT2D eigenvalue weighted by Gasteiger charge is -2.11. The number of benzene rings is 2. The van der Waals surface area contributed by atoms with Crippen LogP contribution in [0, 0.1) is 21.4 Å². The molecule has 3 N–H and O–H groups in total. The molecule has 10 nitrogen and oxygen atoms in total. The van der Waals surface area contributed by atoms with Crippen molar-refractivity contribution in [2.45, 2.75) is 0 Å². The van der Waals surface area contributed by atoms with Crippen molar-refractivity contribution in [1.82, 2.24) is 0 Å². The van der Waals surface area contributed by atoms with Gasteiger partial charge in [-0.05, 0) is 29.8 Å². The smallest absolute Gasteiger partial charge is 0.271 e. The number of anilines is 1. The lowest BCUT2D eigenvalue weighted by atomic mass is 10.1. The summed E-state index contributed by atoms with van der Waals surface area (Å²) in [4.78, 5) is 33.4. The number of ether oxygens (including phenoxy) is 2. The maximum atomic E-state index is 12.0. The predicted molar refractivity (Wildman–Crippen MR) is 103 cm³/mol. The number of nitro benzene ring substituents is 1. The number of nitrogens with one attached hydrogen (secondary N) is 1. The van der Waals surface area contributed by atoms with Crippen molar-refractivity contribution in [3.05, 3.63) is 63.7 Å². The molecule has 0 radical (unpaired) electrons. The Morgan fingerprint density at radius 3 is 2.66 bits per heavy atom. The van der Waals surface area contributed by atoms with Gasteiger partial charge in [0, 0.05) is 17.8 Å². The van der Waals surface area contributed by atoms with Crippen LogP contribution < -0.4 is 20.5 Å². The van der Waals surface area contributed by atoms with E-state index < -0.39 is 16.7 Å². The van der Waals surface area contributed by atoms with Gasteiger partial charge in [-0.25, -0.2) is 0 Å². The Morgan fingerprint density at radius 1 is 1.28 bits per heavy atom. The quantitative estimate of drug-likeness (QED) is 0.299. The van der Waals surface area contributed by atoms with Crippen molar-refractivity contribution in [1.29, 1.82) is 5.26 Å². The van der Waals surface area contributed by atoms with Crippen LogP contribution in [0.2, 0.25) is 0 Å². The molecule has 0 aromatic heterocycles. The molecule has 0 aliphatic rings. The van der Waals surface area contributed by atoms with Gasteiger partial charge in [0.2, 0.25) is 0 Å². The van der Waals surface area contributed by atoms with Gasteiger partial charge >= 0.3 is 0 Å². The molecule has 0 aliphatic heterocycles. The number of nitro groups is 1. The largest absolute Gasteiger partial charge is 0.493 e. The summed E-state index contributed by atoms with van der Waals surface area (Å²) in [6.45, 7) is -0.376. The molecule has 0 aliphatic carbocycles. The number of nitriles is 1. The van der Waals surface area contributed by atoms with E-state index in [1.54, 1.807) is 12.1 Å². The first-order valence-electron chi connectivity index (χ1n) is 8.10. The summed E-state index contributed by atoms with van der Waals surface area (Å²) < 4.78 is 10.6. The molecular formula is C19H16N4O6. The maximum Gasteiger partial charge on any atom is 0.271 e. The monoisotopic (exact) mass is 396 g/mol. The molecule has 0 atom stereocenters. The molecule has 0 bridgehead atoms. The summed E-state index contributed by atoms with van der Waals surface area (Å²) in [7, 11) is 1.39. The molecule has 2 aromatic rings. The molecule has 2 amide bonds. The van der Waals surface area contributed by atoms with E-state index in [9.17, 15) is 19.7 Å². The Labute approximate surface area is 165 Å². The van der Waals surface area contributed by atoms with Crippen LogP contribution >= 0.6 is 0 Å². The van der Waals surface area contributed by atoms with Crippen molar-refractivity contribution in [2.24, 2.45) is 5.73 Å². The summed E-state index contributed by atoms with van der Waals surface area (Å²) in [5.41, 5.74) is 5.46. The number of hydrogen-bond acceptors (Lipinski definition) is 7. The third-order valence-corrected chi connectivity index (χ3v) is 3.58. The van der Waals surface area contributed by atoms with Gasteiger partial charge in [0.1, 0.15) is 11.6 Å². The molecule has 2 aromatic carbocycles. The van der Waals surface area contributed by atoms with Gasteiger partial charge < -0.3 is 20.5 Å². The lowest BCUT2D eigenvalue weighted by molar-refractivity contribution is -0.384. The highest BCUT2D eigenvalue weighted by atomic mass is 16.6. The molecular weight excluding hydrogens is 380 g/mol. The number of amides is 2. The van der Waals surface area contributed by atoms with Crippen LogP contribution in [0.25, 0.3) is 6.08 Å². The average Bonchev–Trinajstić information content (AvgIpc) is 2.70. The van der Waals surface area contributed by atoms with E-state index in [0.29, 0.717) is 5.56 Å². The van der Waals surface area contributed by atoms with Gasteiger partial charge in [-0.15, -0.1) is 0 Å². The van der Waals surface area contributed by atoms with Crippen molar-refractivity contribution >= 4 is 29.3 Å². The first-order chi connectivity index (χ1) is 13.8. The van der Waals surface area contributed by atoms with Gasteiger partial charge in [0.05, 0.1) is 12.0 Å². The van der Waals surface area contributed by atoms with Gasteiger partial charge in [-0.1, -0.05) is 12.1 Å². The fourth-order valence-electron chi connectivity index (χ4n) is 2.26. The van der Waals surface area contributed by atoms with Crippen LogP contribution in [-0.2, 0) is 9.59 Å². The number of carbonyl (C=O) groups is 2. The predicted octanol–water partition coefficient (Wildman–Crippen LogP) is 2.01. The van der Waals surface area contributed by atoms with Crippen LogP contribution in [0.1, 0.15) is 5.56 Å². The number of rotatable bonds is 8. The number of nitrogens with two attached hydrogens (primary N) is 1. The van der Waals surface area contributed by atoms with E-state index >= 15 is 0 Å². The van der Waals surface area contributed by atoms with Crippen LogP contribution in [0.15, 0.2) is 48.0 Å². The fraction of sp³-hybridized carbons (Fsp3) is 0.105. The highest BCUT2D eigenvalue weighted by molar-refractivity contribution is 6.00. The Morgan fingerprint density at radius 2 is 2.03 bits per heavy atom. The van der Waals surface area contributed by atoms with Crippen LogP contribution in [0.5, 0.6) is 11.5 Å². The summed E-state index contributed by atoms with van der Waals surface area (Å²) in [6, 6.07) is 11.8. The van der Waals surface area contributed by atoms with Crippen LogP contribution in [-0.4, -0.2) is 30.5 Å². The number of hydrogen-bond donors (Lipinski definition) is 2. The van der Waals surface area contributed by atoms with Crippen LogP contribution in [0.4, 0.5) is 11.4 Å². The Kier molecular flexibility index (Phi) is 6.86. The number of non-ortho nitro benzene ring substituents is 1.